The summed E-state index contributed by atoms with van der Waals surface area (Å²) in [4.78, 5) is 35.7. The normalized spacial score (nSPS) is 12.6. The van der Waals surface area contributed by atoms with E-state index >= 15 is 0 Å². The van der Waals surface area contributed by atoms with Gasteiger partial charge in [0.1, 0.15) is 6.04 Å². The Labute approximate surface area is 177 Å². The monoisotopic (exact) mass is 494 g/mol. The Bertz CT molecular complexity index is 826. The largest absolute Gasteiger partial charge is 0.480 e. The second kappa shape index (κ2) is 10.8. The van der Waals surface area contributed by atoms with Crippen LogP contribution in [-0.4, -0.2) is 28.9 Å². The van der Waals surface area contributed by atoms with Crippen LogP contribution in [0.3, 0.4) is 0 Å². The van der Waals surface area contributed by atoms with Crippen molar-refractivity contribution < 1.29 is 19.5 Å². The van der Waals surface area contributed by atoms with Crippen molar-refractivity contribution in [3.8, 4) is 0 Å². The number of aliphatic carboxylic acids is 1. The molecule has 7 heteroatoms. The standard InChI is InChI=1S/C21H23IN2O4/c1-14(15-7-3-2-4-8-15)23-19(25)11-12-20(26)24-18(21(27)28)13-16-9-5-6-10-17(16)22/h2-10,14,18H,11-13H2,1H3,(H,23,25)(H,24,26)(H,27,28)/t14-,18-/m1/s1. The van der Waals surface area contributed by atoms with Crippen LogP contribution in [0.4, 0.5) is 0 Å². The van der Waals surface area contributed by atoms with Crippen LogP contribution in [0.25, 0.3) is 0 Å². The highest BCUT2D eigenvalue weighted by molar-refractivity contribution is 14.1. The maximum atomic E-state index is 12.1. The van der Waals surface area contributed by atoms with Gasteiger partial charge in [-0.05, 0) is 46.7 Å². The average Bonchev–Trinajstić information content (AvgIpc) is 2.68. The molecule has 0 fully saturated rings. The van der Waals surface area contributed by atoms with Gasteiger partial charge in [0.15, 0.2) is 0 Å². The first kappa shape index (κ1) is 21.9. The van der Waals surface area contributed by atoms with E-state index in [4.69, 9.17) is 0 Å². The maximum absolute atomic E-state index is 12.1. The van der Waals surface area contributed by atoms with E-state index in [9.17, 15) is 19.5 Å². The second-order valence-electron chi connectivity index (χ2n) is 6.45. The molecule has 0 aliphatic carbocycles. The van der Waals surface area contributed by atoms with Crippen LogP contribution in [0, 0.1) is 3.57 Å². The molecule has 0 saturated carbocycles. The van der Waals surface area contributed by atoms with Crippen molar-refractivity contribution in [2.24, 2.45) is 0 Å². The van der Waals surface area contributed by atoms with Crippen LogP contribution in [-0.2, 0) is 20.8 Å². The van der Waals surface area contributed by atoms with Gasteiger partial charge in [-0.25, -0.2) is 4.79 Å². The van der Waals surface area contributed by atoms with Gasteiger partial charge in [0, 0.05) is 22.8 Å². The lowest BCUT2D eigenvalue weighted by Crippen LogP contribution is -2.42. The number of carbonyl (C=O) groups excluding carboxylic acids is 2. The van der Waals surface area contributed by atoms with E-state index in [0.717, 1.165) is 14.7 Å². The van der Waals surface area contributed by atoms with E-state index in [1.54, 1.807) is 0 Å². The zero-order chi connectivity index (χ0) is 20.5. The van der Waals surface area contributed by atoms with E-state index in [-0.39, 0.29) is 31.2 Å². The first-order valence-electron chi connectivity index (χ1n) is 8.96. The molecule has 2 amide bonds. The zero-order valence-corrected chi connectivity index (χ0v) is 17.7. The smallest absolute Gasteiger partial charge is 0.326 e. The van der Waals surface area contributed by atoms with Gasteiger partial charge < -0.3 is 15.7 Å². The highest BCUT2D eigenvalue weighted by atomic mass is 127. The minimum absolute atomic E-state index is 0.00177. The molecule has 6 nitrogen and oxygen atoms in total. The van der Waals surface area contributed by atoms with Gasteiger partial charge in [-0.3, -0.25) is 9.59 Å². The fraction of sp³-hybridized carbons (Fsp3) is 0.286. The number of nitrogens with one attached hydrogen (secondary N) is 2. The van der Waals surface area contributed by atoms with Gasteiger partial charge in [0.2, 0.25) is 11.8 Å². The molecule has 0 aromatic heterocycles. The van der Waals surface area contributed by atoms with Crippen molar-refractivity contribution >= 4 is 40.4 Å². The quantitative estimate of drug-likeness (QED) is 0.467. The van der Waals surface area contributed by atoms with Gasteiger partial charge in [-0.2, -0.15) is 0 Å². The van der Waals surface area contributed by atoms with Crippen molar-refractivity contribution in [3.63, 3.8) is 0 Å². The average molecular weight is 494 g/mol. The molecule has 2 rings (SSSR count). The lowest BCUT2D eigenvalue weighted by Gasteiger charge is -2.16. The summed E-state index contributed by atoms with van der Waals surface area (Å²) in [6.07, 6.45) is 0.124. The lowest BCUT2D eigenvalue weighted by atomic mass is 10.1. The molecule has 28 heavy (non-hydrogen) atoms. The lowest BCUT2D eigenvalue weighted by molar-refractivity contribution is -0.141. The van der Waals surface area contributed by atoms with E-state index in [0.29, 0.717) is 0 Å². The van der Waals surface area contributed by atoms with Crippen molar-refractivity contribution in [2.75, 3.05) is 0 Å². The number of halogens is 1. The Kier molecular flexibility index (Phi) is 8.43. The molecular weight excluding hydrogens is 471 g/mol. The second-order valence-corrected chi connectivity index (χ2v) is 7.62. The third-order valence-electron chi connectivity index (χ3n) is 4.27. The molecule has 0 aliphatic heterocycles. The number of benzene rings is 2. The molecule has 0 heterocycles. The van der Waals surface area contributed by atoms with Crippen LogP contribution in [0.1, 0.15) is 36.9 Å². The molecule has 2 aromatic rings. The number of carboxylic acid groups (broad SMARTS) is 1. The minimum atomic E-state index is -1.10. The van der Waals surface area contributed by atoms with Gasteiger partial charge >= 0.3 is 5.97 Å². The predicted molar refractivity (Wildman–Crippen MR) is 115 cm³/mol. The Morgan fingerprint density at radius 1 is 0.929 bits per heavy atom. The number of hydrogen-bond acceptors (Lipinski definition) is 3. The van der Waals surface area contributed by atoms with E-state index < -0.39 is 17.9 Å². The van der Waals surface area contributed by atoms with E-state index in [1.165, 1.54) is 0 Å². The minimum Gasteiger partial charge on any atom is -0.480 e. The van der Waals surface area contributed by atoms with E-state index in [1.807, 2.05) is 61.5 Å². The van der Waals surface area contributed by atoms with E-state index in [2.05, 4.69) is 33.2 Å². The fourth-order valence-corrected chi connectivity index (χ4v) is 3.32. The molecule has 2 atom stereocenters. The molecule has 0 aliphatic rings. The third-order valence-corrected chi connectivity index (χ3v) is 5.32. The third kappa shape index (κ3) is 6.95. The molecule has 0 radical (unpaired) electrons. The Balaban J connectivity index is 1.83. The number of amides is 2. The molecule has 0 spiro atoms. The van der Waals surface area contributed by atoms with Crippen molar-refractivity contribution in [1.29, 1.82) is 0 Å². The highest BCUT2D eigenvalue weighted by Gasteiger charge is 2.21. The summed E-state index contributed by atoms with van der Waals surface area (Å²) in [6, 6.07) is 15.7. The predicted octanol–water partition coefficient (Wildman–Crippen LogP) is 3.06. The Morgan fingerprint density at radius 3 is 2.11 bits per heavy atom. The summed E-state index contributed by atoms with van der Waals surface area (Å²) >= 11 is 2.13. The van der Waals surface area contributed by atoms with Gasteiger partial charge in [0.25, 0.3) is 0 Å². The molecule has 0 unspecified atom stereocenters. The molecule has 0 saturated heterocycles. The van der Waals surface area contributed by atoms with Crippen LogP contribution < -0.4 is 10.6 Å². The summed E-state index contributed by atoms with van der Waals surface area (Å²) in [5.41, 5.74) is 1.83. The summed E-state index contributed by atoms with van der Waals surface area (Å²) < 4.78 is 0.940. The SMILES string of the molecule is C[C@@H](NC(=O)CCC(=O)N[C@H](Cc1ccccc1I)C(=O)O)c1ccccc1. The zero-order valence-electron chi connectivity index (χ0n) is 15.5. The van der Waals surface area contributed by atoms with Crippen LogP contribution in [0.15, 0.2) is 54.6 Å². The number of rotatable bonds is 9. The van der Waals surface area contributed by atoms with Crippen LogP contribution in [0.2, 0.25) is 0 Å². The van der Waals surface area contributed by atoms with Crippen molar-refractivity contribution in [1.82, 2.24) is 10.6 Å². The van der Waals surface area contributed by atoms with Crippen LogP contribution in [0.5, 0.6) is 0 Å². The van der Waals surface area contributed by atoms with Gasteiger partial charge in [-0.1, -0.05) is 48.5 Å². The fourth-order valence-electron chi connectivity index (χ4n) is 2.72. The Hall–Kier alpha value is -2.42. The first-order chi connectivity index (χ1) is 13.4. The summed E-state index contributed by atoms with van der Waals surface area (Å²) in [5.74, 6) is -1.81. The molecule has 3 N–H and O–H groups in total. The molecular formula is C21H23IN2O4. The summed E-state index contributed by atoms with van der Waals surface area (Å²) in [7, 11) is 0. The first-order valence-corrected chi connectivity index (χ1v) is 10.0. The maximum Gasteiger partial charge on any atom is 0.326 e. The summed E-state index contributed by atoms with van der Waals surface area (Å²) in [5, 5.41) is 14.7. The van der Waals surface area contributed by atoms with Gasteiger partial charge in [0.05, 0.1) is 6.04 Å². The number of hydrogen-bond donors (Lipinski definition) is 3. The van der Waals surface area contributed by atoms with Gasteiger partial charge in [-0.15, -0.1) is 0 Å². The van der Waals surface area contributed by atoms with Crippen LogP contribution >= 0.6 is 22.6 Å². The molecule has 2 aromatic carbocycles. The molecule has 0 bridgehead atoms. The number of carbonyl (C=O) groups is 3. The summed E-state index contributed by atoms with van der Waals surface area (Å²) in [6.45, 7) is 1.87. The molecule has 148 valence electrons. The topological polar surface area (TPSA) is 95.5 Å². The number of carboxylic acids is 1. The Morgan fingerprint density at radius 2 is 1.50 bits per heavy atom. The van der Waals surface area contributed by atoms with Crippen molar-refractivity contribution in [2.45, 2.75) is 38.3 Å². The highest BCUT2D eigenvalue weighted by Crippen LogP contribution is 2.14. The van der Waals surface area contributed by atoms with Crippen molar-refractivity contribution in [3.05, 3.63) is 69.3 Å².